The summed E-state index contributed by atoms with van der Waals surface area (Å²) in [4.78, 5) is 5.86. The summed E-state index contributed by atoms with van der Waals surface area (Å²) in [5, 5.41) is 3.20. The van der Waals surface area contributed by atoms with Crippen LogP contribution in [0.15, 0.2) is 64.9 Å². The lowest BCUT2D eigenvalue weighted by Crippen LogP contribution is -1.85. The number of nitrogen functional groups attached to an aromatic ring is 1. The average molecular weight is 298 g/mol. The lowest BCUT2D eigenvalue weighted by molar-refractivity contribution is 1.23. The largest absolute Gasteiger partial charge is 0.399 e. The van der Waals surface area contributed by atoms with Crippen LogP contribution in [0.3, 0.4) is 0 Å². The molecule has 0 radical (unpaired) electrons. The third-order valence-electron chi connectivity index (χ3n) is 2.82. The number of hydrogen-bond donors (Lipinski definition) is 1. The van der Waals surface area contributed by atoms with Crippen LogP contribution >= 0.6 is 23.1 Å². The van der Waals surface area contributed by atoms with Crippen molar-refractivity contribution in [2.24, 2.45) is 0 Å². The van der Waals surface area contributed by atoms with Gasteiger partial charge in [0.15, 0.2) is 0 Å². The first-order valence-electron chi connectivity index (χ1n) is 6.29. The summed E-state index contributed by atoms with van der Waals surface area (Å²) in [5.74, 6) is 0.868. The van der Waals surface area contributed by atoms with E-state index in [1.54, 1.807) is 23.1 Å². The summed E-state index contributed by atoms with van der Waals surface area (Å²) in [6, 6.07) is 18.2. The Hall–Kier alpha value is -1.78. The molecule has 2 N–H and O–H groups in total. The lowest BCUT2D eigenvalue weighted by Gasteiger charge is -2.00. The van der Waals surface area contributed by atoms with Gasteiger partial charge in [-0.3, -0.25) is 0 Å². The summed E-state index contributed by atoms with van der Waals surface area (Å²) in [5.41, 5.74) is 8.88. The molecule has 0 aliphatic rings. The van der Waals surface area contributed by atoms with Gasteiger partial charge in [-0.25, -0.2) is 4.98 Å². The minimum atomic E-state index is 0.804. The number of nitrogens with two attached hydrogens (primary N) is 1. The zero-order valence-corrected chi connectivity index (χ0v) is 12.5. The molecule has 0 aliphatic heterocycles. The van der Waals surface area contributed by atoms with E-state index in [1.807, 2.05) is 36.4 Å². The molecule has 20 heavy (non-hydrogen) atoms. The topological polar surface area (TPSA) is 38.9 Å². The van der Waals surface area contributed by atoms with Gasteiger partial charge in [-0.2, -0.15) is 0 Å². The molecule has 100 valence electrons. The van der Waals surface area contributed by atoms with Crippen LogP contribution in [0, 0.1) is 0 Å². The number of thioether (sulfide) groups is 1. The molecule has 0 atom stereocenters. The number of thiazole rings is 1. The Balaban J connectivity index is 1.69. The van der Waals surface area contributed by atoms with Gasteiger partial charge in [-0.15, -0.1) is 23.1 Å². The SMILES string of the molecule is Nc1cccc(SCc2csc(-c3ccccc3)n2)c1. The molecule has 0 spiro atoms. The van der Waals surface area contributed by atoms with E-state index in [4.69, 9.17) is 5.73 Å². The Labute approximate surface area is 126 Å². The number of anilines is 1. The molecule has 3 rings (SSSR count). The molecule has 0 saturated heterocycles. The van der Waals surface area contributed by atoms with Crippen molar-refractivity contribution in [3.8, 4) is 10.6 Å². The molecule has 4 heteroatoms. The second-order valence-corrected chi connectivity index (χ2v) is 6.28. The fraction of sp³-hybridized carbons (Fsp3) is 0.0625. The molecule has 2 aromatic carbocycles. The number of aromatic nitrogens is 1. The van der Waals surface area contributed by atoms with E-state index in [1.165, 1.54) is 10.5 Å². The molecular formula is C16H14N2S2. The third-order valence-corrected chi connectivity index (χ3v) is 4.78. The number of rotatable bonds is 4. The molecule has 0 unspecified atom stereocenters. The van der Waals surface area contributed by atoms with E-state index in [2.05, 4.69) is 28.6 Å². The van der Waals surface area contributed by atoms with Crippen molar-refractivity contribution >= 4 is 28.8 Å². The third kappa shape index (κ3) is 3.21. The van der Waals surface area contributed by atoms with Crippen molar-refractivity contribution in [2.45, 2.75) is 10.6 Å². The van der Waals surface area contributed by atoms with Crippen molar-refractivity contribution < 1.29 is 0 Å². The fourth-order valence-electron chi connectivity index (χ4n) is 1.85. The smallest absolute Gasteiger partial charge is 0.123 e. The van der Waals surface area contributed by atoms with Gasteiger partial charge in [0.05, 0.1) is 5.69 Å². The van der Waals surface area contributed by atoms with Crippen molar-refractivity contribution in [1.29, 1.82) is 0 Å². The van der Waals surface area contributed by atoms with E-state index in [9.17, 15) is 0 Å². The molecule has 0 aliphatic carbocycles. The Bertz CT molecular complexity index is 692. The summed E-state index contributed by atoms with van der Waals surface area (Å²) in [7, 11) is 0. The van der Waals surface area contributed by atoms with E-state index < -0.39 is 0 Å². The van der Waals surface area contributed by atoms with E-state index in [0.29, 0.717) is 0 Å². The van der Waals surface area contributed by atoms with E-state index in [0.717, 1.165) is 22.1 Å². The zero-order chi connectivity index (χ0) is 13.8. The van der Waals surface area contributed by atoms with Crippen LogP contribution in [0.2, 0.25) is 0 Å². The van der Waals surface area contributed by atoms with Crippen molar-refractivity contribution in [1.82, 2.24) is 4.98 Å². The number of nitrogens with zero attached hydrogens (tertiary/aromatic N) is 1. The van der Waals surface area contributed by atoms with Crippen LogP contribution < -0.4 is 5.73 Å². The Morgan fingerprint density at radius 2 is 1.90 bits per heavy atom. The molecule has 1 heterocycles. The first kappa shape index (κ1) is 13.2. The second-order valence-electron chi connectivity index (χ2n) is 4.37. The molecule has 0 bridgehead atoms. The standard InChI is InChI=1S/C16H14N2S2/c17-13-7-4-8-15(9-13)19-10-14-11-20-16(18-14)12-5-2-1-3-6-12/h1-9,11H,10,17H2. The number of hydrogen-bond acceptors (Lipinski definition) is 4. The van der Waals surface area contributed by atoms with Gasteiger partial charge in [-0.05, 0) is 18.2 Å². The Morgan fingerprint density at radius 3 is 2.70 bits per heavy atom. The van der Waals surface area contributed by atoms with Crippen LogP contribution in [-0.2, 0) is 5.75 Å². The van der Waals surface area contributed by atoms with Crippen LogP contribution in [0.5, 0.6) is 0 Å². The summed E-state index contributed by atoms with van der Waals surface area (Å²) in [6.45, 7) is 0. The highest BCUT2D eigenvalue weighted by atomic mass is 32.2. The molecule has 3 aromatic rings. The van der Waals surface area contributed by atoms with Crippen molar-refractivity contribution in [2.75, 3.05) is 5.73 Å². The van der Waals surface area contributed by atoms with Gasteiger partial charge in [0.1, 0.15) is 5.01 Å². The van der Waals surface area contributed by atoms with Crippen molar-refractivity contribution in [3.05, 3.63) is 65.7 Å². The van der Waals surface area contributed by atoms with Gasteiger partial charge < -0.3 is 5.73 Å². The van der Waals surface area contributed by atoms with Crippen LogP contribution in [0.4, 0.5) is 5.69 Å². The maximum Gasteiger partial charge on any atom is 0.123 e. The fourth-order valence-corrected chi connectivity index (χ4v) is 3.64. The molecule has 0 amide bonds. The summed E-state index contributed by atoms with van der Waals surface area (Å²) >= 11 is 3.45. The summed E-state index contributed by atoms with van der Waals surface area (Å²) in [6.07, 6.45) is 0. The molecular weight excluding hydrogens is 284 g/mol. The van der Waals surface area contributed by atoms with Gasteiger partial charge in [0, 0.05) is 27.3 Å². The van der Waals surface area contributed by atoms with Gasteiger partial charge in [-0.1, -0.05) is 36.4 Å². The van der Waals surface area contributed by atoms with Gasteiger partial charge >= 0.3 is 0 Å². The predicted octanol–water partition coefficient (Wildman–Crippen LogP) is 4.68. The van der Waals surface area contributed by atoms with Crippen LogP contribution in [-0.4, -0.2) is 4.98 Å². The Kier molecular flexibility index (Phi) is 4.04. The summed E-state index contributed by atoms with van der Waals surface area (Å²) < 4.78 is 0. The average Bonchev–Trinajstić information content (AvgIpc) is 2.95. The monoisotopic (exact) mass is 298 g/mol. The maximum atomic E-state index is 5.78. The molecule has 2 nitrogen and oxygen atoms in total. The van der Waals surface area contributed by atoms with E-state index >= 15 is 0 Å². The molecule has 0 saturated carbocycles. The first-order valence-corrected chi connectivity index (χ1v) is 8.16. The van der Waals surface area contributed by atoms with Gasteiger partial charge in [0.2, 0.25) is 0 Å². The van der Waals surface area contributed by atoms with E-state index in [-0.39, 0.29) is 0 Å². The lowest BCUT2D eigenvalue weighted by atomic mass is 10.2. The minimum absolute atomic E-state index is 0.804. The van der Waals surface area contributed by atoms with Crippen LogP contribution in [0.1, 0.15) is 5.69 Å². The highest BCUT2D eigenvalue weighted by molar-refractivity contribution is 7.98. The normalized spacial score (nSPS) is 10.6. The quantitative estimate of drug-likeness (QED) is 0.561. The zero-order valence-electron chi connectivity index (χ0n) is 10.8. The minimum Gasteiger partial charge on any atom is -0.399 e. The van der Waals surface area contributed by atoms with Gasteiger partial charge in [0.25, 0.3) is 0 Å². The Morgan fingerprint density at radius 1 is 1.05 bits per heavy atom. The van der Waals surface area contributed by atoms with Crippen LogP contribution in [0.25, 0.3) is 10.6 Å². The number of benzene rings is 2. The predicted molar refractivity (Wildman–Crippen MR) is 88.0 cm³/mol. The molecule has 0 fully saturated rings. The molecule has 1 aromatic heterocycles. The highest BCUT2D eigenvalue weighted by Gasteiger charge is 2.05. The first-order chi connectivity index (χ1) is 9.81. The van der Waals surface area contributed by atoms with Crippen molar-refractivity contribution in [3.63, 3.8) is 0 Å². The maximum absolute atomic E-state index is 5.78. The second kappa shape index (κ2) is 6.11. The highest BCUT2D eigenvalue weighted by Crippen LogP contribution is 2.28.